The van der Waals surface area contributed by atoms with Crippen LogP contribution in [0.2, 0.25) is 0 Å². The van der Waals surface area contributed by atoms with Crippen molar-refractivity contribution in [1.29, 1.82) is 0 Å². The van der Waals surface area contributed by atoms with E-state index in [0.29, 0.717) is 0 Å². The van der Waals surface area contributed by atoms with Crippen molar-refractivity contribution in [3.05, 3.63) is 93.7 Å². The summed E-state index contributed by atoms with van der Waals surface area (Å²) in [6.07, 6.45) is 0. The van der Waals surface area contributed by atoms with Gasteiger partial charge in [-0.25, -0.2) is 0 Å². The van der Waals surface area contributed by atoms with Gasteiger partial charge in [-0.2, -0.15) is 43.2 Å². The summed E-state index contributed by atoms with van der Waals surface area (Å²) in [6, 6.07) is 27.0. The summed E-state index contributed by atoms with van der Waals surface area (Å²) >= 11 is 11.1. The molecule has 0 bridgehead atoms. The molecule has 2 saturated carbocycles. The molecule has 2 fully saturated rings. The van der Waals surface area contributed by atoms with Gasteiger partial charge in [0.25, 0.3) is 0 Å². The molecule has 61 heavy (non-hydrogen) atoms. The summed E-state index contributed by atoms with van der Waals surface area (Å²) in [5, 5.41) is 3.79. The van der Waals surface area contributed by atoms with Crippen LogP contribution in [0.25, 0.3) is 0 Å². The molecule has 2 aliphatic carbocycles. The van der Waals surface area contributed by atoms with Crippen LogP contribution >= 0.6 is 7.92 Å². The molecule has 0 atom stereocenters. The third kappa shape index (κ3) is 17.2. The summed E-state index contributed by atoms with van der Waals surface area (Å²) in [5.41, 5.74) is -12.2. The predicted octanol–water partition coefficient (Wildman–Crippen LogP) is 10.9. The predicted molar refractivity (Wildman–Crippen MR) is 234 cm³/mol. The van der Waals surface area contributed by atoms with Crippen LogP contribution < -0.4 is 15.9 Å². The van der Waals surface area contributed by atoms with Gasteiger partial charge >= 0.3 is 70.2 Å². The van der Waals surface area contributed by atoms with Gasteiger partial charge in [0.15, 0.2) is 0 Å². The standard InChI is InChI=1S/C18H15PS2.2C10H20.C2F6O6S2.2CH3.2Ru/c20-17-12-6-4-10-15(17)19(14-8-2-1-3-9-14)16-11-5-7-13-18(16)21;2*1-6-7(2)9(4)10(5)8(6)3;3-1(4,5)15(9,10)13-14-16(11,12)2(6,7)8;;;;/h1-13,20-21H;2*6-10H,1-5H3;;2*1H3;;/q;;;;2*-1;2*+1/p-1. The van der Waals surface area contributed by atoms with Gasteiger partial charge in [0, 0.05) is 0 Å². The van der Waals surface area contributed by atoms with Crippen LogP contribution in [0, 0.1) is 74.0 Å². The second-order valence-electron chi connectivity index (χ2n) is 15.3. The van der Waals surface area contributed by atoms with E-state index in [4.69, 9.17) is 25.3 Å². The molecular weight excluding hydrogens is 1080 g/mol. The maximum atomic E-state index is 11.4. The summed E-state index contributed by atoms with van der Waals surface area (Å²) in [7, 11) is -14.3. The Hall–Kier alpha value is -0.823. The summed E-state index contributed by atoms with van der Waals surface area (Å²) in [6.45, 7) is 24.0. The number of benzene rings is 3. The third-order valence-corrected chi connectivity index (χ3v) is 18.1. The molecule has 6 nitrogen and oxygen atoms in total. The van der Waals surface area contributed by atoms with E-state index in [1.807, 2.05) is 30.3 Å². The van der Waals surface area contributed by atoms with E-state index in [0.717, 1.165) is 69.0 Å². The molecule has 0 unspecified atom stereocenters. The Morgan fingerprint density at radius 2 is 0.656 bits per heavy atom. The van der Waals surface area contributed by atoms with E-state index in [1.165, 1.54) is 15.9 Å². The van der Waals surface area contributed by atoms with Gasteiger partial charge in [0.05, 0.1) is 18.5 Å². The van der Waals surface area contributed by atoms with Crippen LogP contribution in [-0.2, 0) is 93.1 Å². The van der Waals surface area contributed by atoms with Crippen LogP contribution in [0.5, 0.6) is 0 Å². The fourth-order valence-electron chi connectivity index (χ4n) is 7.35. The van der Waals surface area contributed by atoms with Crippen molar-refractivity contribution in [2.24, 2.45) is 59.2 Å². The molecule has 0 amide bonds. The number of hydrogen-bond donors (Lipinski definition) is 0. The van der Waals surface area contributed by atoms with Crippen molar-refractivity contribution < 1.29 is 90.8 Å². The number of halogens is 6. The second-order valence-corrected chi connectivity index (χ2v) is 21.6. The monoisotopic (exact) mass is 1140 g/mol. The van der Waals surface area contributed by atoms with Crippen LogP contribution in [0.15, 0.2) is 88.7 Å². The molecule has 0 heterocycles. The second kappa shape index (κ2) is 27.0. The molecule has 0 aromatic heterocycles. The van der Waals surface area contributed by atoms with Gasteiger partial charge in [-0.3, -0.25) is 0 Å². The normalized spacial score (nSPS) is 25.9. The van der Waals surface area contributed by atoms with Gasteiger partial charge in [0.2, 0.25) is 0 Å². The molecule has 3 aromatic carbocycles. The first-order valence-electron chi connectivity index (χ1n) is 18.5. The number of rotatable bonds is 6. The minimum atomic E-state index is -6.59. The van der Waals surface area contributed by atoms with Crippen LogP contribution in [0.4, 0.5) is 26.3 Å². The maximum Gasteiger partial charge on any atom is 1.00 e. The average molecular weight is 1140 g/mol. The van der Waals surface area contributed by atoms with Crippen molar-refractivity contribution in [2.75, 3.05) is 0 Å². The third-order valence-electron chi connectivity index (χ3n) is 12.4. The first kappa shape index (κ1) is 64.5. The van der Waals surface area contributed by atoms with E-state index in [-0.39, 0.29) is 53.8 Å². The topological polar surface area (TPSA) is 86.7 Å². The zero-order chi connectivity index (χ0) is 43.8. The zero-order valence-corrected chi connectivity index (χ0v) is 44.1. The Kier molecular flexibility index (Phi) is 28.5. The van der Waals surface area contributed by atoms with Gasteiger partial charge < -0.3 is 40.1 Å². The molecule has 2 radical (unpaired) electrons. The van der Waals surface area contributed by atoms with Crippen molar-refractivity contribution >= 4 is 69.3 Å². The van der Waals surface area contributed by atoms with E-state index in [2.05, 4.69) is 126 Å². The smallest absolute Gasteiger partial charge is 0.776 e. The number of hydrogen-bond acceptors (Lipinski definition) is 8. The largest absolute Gasteiger partial charge is 1.00 e. The fourth-order valence-corrected chi connectivity index (χ4v) is 11.6. The molecule has 2 aliphatic rings. The quantitative estimate of drug-likeness (QED) is 0.0353. The SMILES string of the molecule is CC1C(C)C(C)C(C)C1C.CC1C(C)C(C)C(C)C1C.O=S(=O)(OOS(=O)(=O)C(F)(F)F)C(F)(F)F.[CH3-].[CH3-].[Ru+].[Ru+].[S-]c1ccccc1[PH+](c1ccccc1)c1ccccc1[S-]. The summed E-state index contributed by atoms with van der Waals surface area (Å²) < 4.78 is 113. The van der Waals surface area contributed by atoms with Crippen LogP contribution in [0.1, 0.15) is 69.2 Å². The first-order valence-corrected chi connectivity index (χ1v) is 23.7. The van der Waals surface area contributed by atoms with Crippen molar-refractivity contribution in [2.45, 2.75) is 90.0 Å². The Labute approximate surface area is 400 Å². The van der Waals surface area contributed by atoms with Crippen LogP contribution in [0.3, 0.4) is 0 Å². The fraction of sp³-hybridized carbons (Fsp3) is 0.524. The minimum Gasteiger partial charge on any atom is -0.776 e. The van der Waals surface area contributed by atoms with Crippen molar-refractivity contribution in [3.63, 3.8) is 0 Å². The summed E-state index contributed by atoms with van der Waals surface area (Å²) in [4.78, 5) is 1.85. The Bertz CT molecular complexity index is 1740. The van der Waals surface area contributed by atoms with Crippen LogP contribution in [-0.4, -0.2) is 27.9 Å². The maximum absolute atomic E-state index is 11.4. The minimum absolute atomic E-state index is 0. The van der Waals surface area contributed by atoms with Crippen molar-refractivity contribution in [3.8, 4) is 0 Å². The molecular formula is C42H60F6O6PRu2S4-. The van der Waals surface area contributed by atoms with E-state index < -0.39 is 39.2 Å². The van der Waals surface area contributed by atoms with E-state index in [9.17, 15) is 43.2 Å². The number of alkyl halides is 6. The summed E-state index contributed by atoms with van der Waals surface area (Å²) in [5.74, 6) is 9.35. The van der Waals surface area contributed by atoms with E-state index >= 15 is 0 Å². The molecule has 0 spiro atoms. The molecule has 19 heteroatoms. The average Bonchev–Trinajstić information content (AvgIpc) is 3.42. The molecule has 5 rings (SSSR count). The molecule has 3 aromatic rings. The van der Waals surface area contributed by atoms with Gasteiger partial charge in [-0.1, -0.05) is 133 Å². The molecule has 0 N–H and O–H groups in total. The van der Waals surface area contributed by atoms with Gasteiger partial charge in [-0.15, -0.1) is 9.79 Å². The van der Waals surface area contributed by atoms with Gasteiger partial charge in [0.1, 0.15) is 5.30 Å². The Morgan fingerprint density at radius 3 is 0.869 bits per heavy atom. The Morgan fingerprint density at radius 1 is 0.443 bits per heavy atom. The first-order chi connectivity index (χ1) is 26.1. The molecule has 0 aliphatic heterocycles. The molecule has 352 valence electrons. The zero-order valence-electron chi connectivity index (χ0n) is 36.3. The van der Waals surface area contributed by atoms with Crippen molar-refractivity contribution in [1.82, 2.24) is 0 Å². The van der Waals surface area contributed by atoms with Gasteiger partial charge in [-0.05, 0) is 83.4 Å². The molecule has 0 saturated heterocycles. The Balaban J connectivity index is -0.000000754. The van der Waals surface area contributed by atoms with E-state index in [1.54, 1.807) is 0 Å².